The Labute approximate surface area is 90.0 Å². The van der Waals surface area contributed by atoms with Crippen LogP contribution in [-0.4, -0.2) is 22.3 Å². The minimum absolute atomic E-state index is 0.384. The van der Waals surface area contributed by atoms with Crippen LogP contribution in [-0.2, 0) is 0 Å². The lowest BCUT2D eigenvalue weighted by Gasteiger charge is -2.03. The summed E-state index contributed by atoms with van der Waals surface area (Å²) >= 11 is 5.56. The van der Waals surface area contributed by atoms with Crippen LogP contribution in [0.2, 0.25) is 0 Å². The Kier molecular flexibility index (Phi) is 4.80. The quantitative estimate of drug-likeness (QED) is 0.540. The van der Waals surface area contributed by atoms with Crippen molar-refractivity contribution in [2.24, 2.45) is 0 Å². The molecule has 0 bridgehead atoms. The summed E-state index contributed by atoms with van der Waals surface area (Å²) in [5.74, 6) is 1.54. The van der Waals surface area contributed by atoms with E-state index < -0.39 is 0 Å². The van der Waals surface area contributed by atoms with E-state index in [-0.39, 0.29) is 0 Å². The second-order valence-corrected chi connectivity index (χ2v) is 3.87. The van der Waals surface area contributed by atoms with Crippen molar-refractivity contribution >= 4 is 11.6 Å². The first-order chi connectivity index (χ1) is 6.74. The summed E-state index contributed by atoms with van der Waals surface area (Å²) in [4.78, 5) is 0. The Morgan fingerprint density at radius 2 is 2.29 bits per heavy atom. The van der Waals surface area contributed by atoms with Gasteiger partial charge in [-0.3, -0.25) is 4.68 Å². The molecule has 0 saturated heterocycles. The molecule has 14 heavy (non-hydrogen) atoms. The van der Waals surface area contributed by atoms with Crippen LogP contribution in [0.5, 0.6) is 5.75 Å². The molecule has 0 aromatic carbocycles. The molecule has 80 valence electrons. The SMILES string of the molecule is CC(C)n1cc(OCCCCCl)cn1. The van der Waals surface area contributed by atoms with Crippen LogP contribution >= 0.6 is 11.6 Å². The van der Waals surface area contributed by atoms with E-state index in [1.165, 1.54) is 0 Å². The maximum Gasteiger partial charge on any atom is 0.157 e. The highest BCUT2D eigenvalue weighted by Gasteiger charge is 2.01. The molecule has 0 radical (unpaired) electrons. The second kappa shape index (κ2) is 5.91. The number of aromatic nitrogens is 2. The summed E-state index contributed by atoms with van der Waals surface area (Å²) in [5.41, 5.74) is 0. The zero-order valence-corrected chi connectivity index (χ0v) is 9.50. The maximum absolute atomic E-state index is 5.56. The average molecular weight is 217 g/mol. The van der Waals surface area contributed by atoms with Gasteiger partial charge in [0.1, 0.15) is 0 Å². The van der Waals surface area contributed by atoms with Gasteiger partial charge in [0.2, 0.25) is 0 Å². The number of unbranched alkanes of at least 4 members (excludes halogenated alkanes) is 1. The fourth-order valence-corrected chi connectivity index (χ4v) is 1.25. The highest BCUT2D eigenvalue weighted by molar-refractivity contribution is 6.17. The van der Waals surface area contributed by atoms with Gasteiger partial charge in [0.05, 0.1) is 19.0 Å². The van der Waals surface area contributed by atoms with E-state index in [9.17, 15) is 0 Å². The van der Waals surface area contributed by atoms with E-state index in [2.05, 4.69) is 18.9 Å². The summed E-state index contributed by atoms with van der Waals surface area (Å²) in [7, 11) is 0. The summed E-state index contributed by atoms with van der Waals surface area (Å²) in [5, 5.41) is 4.18. The first-order valence-corrected chi connectivity index (χ1v) is 5.50. The number of rotatable bonds is 6. The van der Waals surface area contributed by atoms with Gasteiger partial charge in [0, 0.05) is 11.9 Å². The Morgan fingerprint density at radius 3 is 2.86 bits per heavy atom. The van der Waals surface area contributed by atoms with Gasteiger partial charge >= 0.3 is 0 Å². The van der Waals surface area contributed by atoms with Crippen molar-refractivity contribution in [1.29, 1.82) is 0 Å². The van der Waals surface area contributed by atoms with Crippen LogP contribution in [0.1, 0.15) is 32.7 Å². The van der Waals surface area contributed by atoms with Gasteiger partial charge in [-0.25, -0.2) is 0 Å². The van der Waals surface area contributed by atoms with Crippen molar-refractivity contribution in [2.75, 3.05) is 12.5 Å². The largest absolute Gasteiger partial charge is 0.490 e. The van der Waals surface area contributed by atoms with Crippen LogP contribution in [0.15, 0.2) is 12.4 Å². The van der Waals surface area contributed by atoms with Crippen molar-refractivity contribution < 1.29 is 4.74 Å². The second-order valence-electron chi connectivity index (χ2n) is 3.49. The van der Waals surface area contributed by atoms with E-state index >= 15 is 0 Å². The van der Waals surface area contributed by atoms with E-state index in [1.54, 1.807) is 6.20 Å². The zero-order chi connectivity index (χ0) is 10.4. The molecule has 0 saturated carbocycles. The van der Waals surface area contributed by atoms with Gasteiger partial charge in [0.25, 0.3) is 0 Å². The van der Waals surface area contributed by atoms with Crippen molar-refractivity contribution in [2.45, 2.75) is 32.7 Å². The molecule has 1 aromatic heterocycles. The average Bonchev–Trinajstić information content (AvgIpc) is 2.61. The van der Waals surface area contributed by atoms with Gasteiger partial charge in [-0.1, -0.05) is 0 Å². The van der Waals surface area contributed by atoms with Gasteiger partial charge < -0.3 is 4.74 Å². The lowest BCUT2D eigenvalue weighted by molar-refractivity contribution is 0.309. The van der Waals surface area contributed by atoms with Crippen LogP contribution < -0.4 is 4.74 Å². The smallest absolute Gasteiger partial charge is 0.157 e. The molecule has 0 unspecified atom stereocenters. The van der Waals surface area contributed by atoms with E-state index in [0.717, 1.165) is 25.2 Å². The summed E-state index contributed by atoms with van der Waals surface area (Å²) in [6, 6.07) is 0.384. The van der Waals surface area contributed by atoms with E-state index in [1.807, 2.05) is 10.9 Å². The van der Waals surface area contributed by atoms with Crippen molar-refractivity contribution in [3.05, 3.63) is 12.4 Å². The topological polar surface area (TPSA) is 27.1 Å². The summed E-state index contributed by atoms with van der Waals surface area (Å²) in [6.07, 6.45) is 5.67. The van der Waals surface area contributed by atoms with E-state index in [0.29, 0.717) is 11.9 Å². The first-order valence-electron chi connectivity index (χ1n) is 4.97. The van der Waals surface area contributed by atoms with Gasteiger partial charge in [-0.2, -0.15) is 5.10 Å². The molecule has 3 nitrogen and oxygen atoms in total. The number of ether oxygens (including phenoxy) is 1. The highest BCUT2D eigenvalue weighted by Crippen LogP contribution is 2.12. The summed E-state index contributed by atoms with van der Waals surface area (Å²) in [6.45, 7) is 4.89. The Morgan fingerprint density at radius 1 is 1.50 bits per heavy atom. The molecule has 0 amide bonds. The van der Waals surface area contributed by atoms with Crippen LogP contribution in [0.4, 0.5) is 0 Å². The van der Waals surface area contributed by atoms with Gasteiger partial charge in [-0.05, 0) is 26.7 Å². The van der Waals surface area contributed by atoms with Crippen LogP contribution in [0.3, 0.4) is 0 Å². The van der Waals surface area contributed by atoms with Crippen LogP contribution in [0.25, 0.3) is 0 Å². The molecule has 0 aliphatic carbocycles. The Hall–Kier alpha value is -0.700. The molecular formula is C10H17ClN2O. The monoisotopic (exact) mass is 216 g/mol. The molecule has 0 aliphatic heterocycles. The number of nitrogens with zero attached hydrogens (tertiary/aromatic N) is 2. The molecule has 1 aromatic rings. The molecule has 0 spiro atoms. The fourth-order valence-electron chi connectivity index (χ4n) is 1.06. The van der Waals surface area contributed by atoms with Crippen LogP contribution in [0, 0.1) is 0 Å². The number of alkyl halides is 1. The molecule has 0 N–H and O–H groups in total. The lowest BCUT2D eigenvalue weighted by Crippen LogP contribution is -2.00. The molecule has 4 heteroatoms. The third kappa shape index (κ3) is 3.58. The van der Waals surface area contributed by atoms with Gasteiger partial charge in [0.15, 0.2) is 5.75 Å². The maximum atomic E-state index is 5.56. The number of hydrogen-bond acceptors (Lipinski definition) is 2. The van der Waals surface area contributed by atoms with Gasteiger partial charge in [-0.15, -0.1) is 11.6 Å². The Bertz CT molecular complexity index is 260. The molecule has 0 atom stereocenters. The van der Waals surface area contributed by atoms with Crippen molar-refractivity contribution in [3.8, 4) is 5.75 Å². The standard InChI is InChI=1S/C10H17ClN2O/c1-9(2)13-8-10(7-12-13)14-6-4-3-5-11/h7-9H,3-6H2,1-2H3. The Balaban J connectivity index is 2.29. The third-order valence-corrected chi connectivity index (χ3v) is 2.17. The first kappa shape index (κ1) is 11.4. The third-order valence-electron chi connectivity index (χ3n) is 1.90. The minimum atomic E-state index is 0.384. The number of hydrogen-bond donors (Lipinski definition) is 0. The van der Waals surface area contributed by atoms with Crippen molar-refractivity contribution in [3.63, 3.8) is 0 Å². The van der Waals surface area contributed by atoms with Crippen molar-refractivity contribution in [1.82, 2.24) is 9.78 Å². The zero-order valence-electron chi connectivity index (χ0n) is 8.74. The lowest BCUT2D eigenvalue weighted by atomic mass is 10.4. The normalized spacial score (nSPS) is 10.9. The number of halogens is 1. The fraction of sp³-hybridized carbons (Fsp3) is 0.700. The predicted octanol–water partition coefficient (Wildman–Crippen LogP) is 2.86. The molecule has 1 heterocycles. The molecular weight excluding hydrogens is 200 g/mol. The molecule has 0 fully saturated rings. The predicted molar refractivity (Wildman–Crippen MR) is 58.1 cm³/mol. The minimum Gasteiger partial charge on any atom is -0.490 e. The van der Waals surface area contributed by atoms with E-state index in [4.69, 9.17) is 16.3 Å². The summed E-state index contributed by atoms with van der Waals surface area (Å²) < 4.78 is 7.38. The molecule has 0 aliphatic rings. The molecule has 1 rings (SSSR count). The highest BCUT2D eigenvalue weighted by atomic mass is 35.5.